The quantitative estimate of drug-likeness (QED) is 0.464. The van der Waals surface area contributed by atoms with Gasteiger partial charge in [-0.3, -0.25) is 4.79 Å². The zero-order valence-electron chi connectivity index (χ0n) is 17.8. The van der Waals surface area contributed by atoms with Gasteiger partial charge in [0, 0.05) is 12.3 Å². The van der Waals surface area contributed by atoms with Crippen molar-refractivity contribution in [3.05, 3.63) is 11.6 Å². The Morgan fingerprint density at radius 1 is 1.14 bits per heavy atom. The molecule has 7 atom stereocenters. The first-order valence-electron chi connectivity index (χ1n) is 11.8. The van der Waals surface area contributed by atoms with Gasteiger partial charge < -0.3 is 9.90 Å². The average molecular weight is 387 g/mol. The monoisotopic (exact) mass is 386 g/mol. The van der Waals surface area contributed by atoms with E-state index in [1.54, 1.807) is 5.57 Å². The molecular formula is C25H38O3. The lowest BCUT2D eigenvalue weighted by molar-refractivity contribution is -0.137. The zero-order valence-corrected chi connectivity index (χ0v) is 17.8. The minimum Gasteiger partial charge on any atom is -0.481 e. The number of carboxylic acids is 1. The van der Waals surface area contributed by atoms with E-state index in [4.69, 9.17) is 5.11 Å². The first-order chi connectivity index (χ1) is 13.4. The Bertz CT molecular complexity index is 652. The second-order valence-corrected chi connectivity index (χ2v) is 10.8. The normalized spacial score (nSPS) is 45.2. The summed E-state index contributed by atoms with van der Waals surface area (Å²) in [6.45, 7) is 5.06. The lowest BCUT2D eigenvalue weighted by Gasteiger charge is -2.57. The van der Waals surface area contributed by atoms with Crippen LogP contribution in [0.15, 0.2) is 11.6 Å². The predicted octanol–water partition coefficient (Wildman–Crippen LogP) is 6.03. The summed E-state index contributed by atoms with van der Waals surface area (Å²) in [5, 5.41) is 9.01. The lowest BCUT2D eigenvalue weighted by Crippen LogP contribution is -2.49. The summed E-state index contributed by atoms with van der Waals surface area (Å²) in [5.74, 6) is 2.66. The van der Waals surface area contributed by atoms with Crippen molar-refractivity contribution < 1.29 is 14.7 Å². The molecule has 2 unspecified atom stereocenters. The van der Waals surface area contributed by atoms with E-state index < -0.39 is 5.97 Å². The van der Waals surface area contributed by atoms with Crippen molar-refractivity contribution in [2.45, 2.75) is 90.9 Å². The van der Waals surface area contributed by atoms with Crippen molar-refractivity contribution >= 4 is 12.3 Å². The molecule has 0 spiro atoms. The Morgan fingerprint density at radius 3 is 2.71 bits per heavy atom. The maximum Gasteiger partial charge on any atom is 0.303 e. The highest BCUT2D eigenvalue weighted by Gasteiger charge is 2.58. The SMILES string of the molecule is C[C@]12CCCC(C=O)C=C1CC[C@H]1C3CC[C@H](CCCC(=O)O)[C@@]3(C)CC[C@@H]12. The van der Waals surface area contributed by atoms with E-state index in [1.165, 1.54) is 57.7 Å². The molecule has 0 amide bonds. The van der Waals surface area contributed by atoms with Crippen LogP contribution >= 0.6 is 0 Å². The summed E-state index contributed by atoms with van der Waals surface area (Å²) in [4.78, 5) is 22.4. The highest BCUT2D eigenvalue weighted by Crippen LogP contribution is 2.67. The summed E-state index contributed by atoms with van der Waals surface area (Å²) in [6, 6.07) is 0. The molecule has 0 radical (unpaired) electrons. The minimum atomic E-state index is -0.648. The number of hydrogen-bond acceptors (Lipinski definition) is 2. The van der Waals surface area contributed by atoms with E-state index >= 15 is 0 Å². The first-order valence-corrected chi connectivity index (χ1v) is 11.8. The fraction of sp³-hybridized carbons (Fsp3) is 0.840. The first kappa shape index (κ1) is 20.2. The number of aldehydes is 1. The Balaban J connectivity index is 1.52. The molecule has 0 aromatic carbocycles. The predicted molar refractivity (Wildman–Crippen MR) is 111 cm³/mol. The Kier molecular flexibility index (Phi) is 5.48. The number of hydrogen-bond donors (Lipinski definition) is 1. The lowest BCUT2D eigenvalue weighted by atomic mass is 9.47. The number of carbonyl (C=O) groups is 2. The second kappa shape index (κ2) is 7.61. The number of aliphatic carboxylic acids is 1. The largest absolute Gasteiger partial charge is 0.481 e. The van der Waals surface area contributed by atoms with Gasteiger partial charge in [-0.05, 0) is 98.7 Å². The Morgan fingerprint density at radius 2 is 1.96 bits per heavy atom. The van der Waals surface area contributed by atoms with Crippen molar-refractivity contribution in [1.82, 2.24) is 0 Å². The number of fused-ring (bicyclic) bond motifs is 5. The smallest absolute Gasteiger partial charge is 0.303 e. The molecule has 3 fully saturated rings. The van der Waals surface area contributed by atoms with E-state index in [-0.39, 0.29) is 5.92 Å². The molecule has 28 heavy (non-hydrogen) atoms. The van der Waals surface area contributed by atoms with Crippen molar-refractivity contribution in [3.8, 4) is 0 Å². The molecule has 0 aromatic rings. The second-order valence-electron chi connectivity index (χ2n) is 10.8. The van der Waals surface area contributed by atoms with Gasteiger partial charge in [0.05, 0.1) is 0 Å². The van der Waals surface area contributed by atoms with E-state index in [0.717, 1.165) is 42.9 Å². The van der Waals surface area contributed by atoms with Crippen LogP contribution in [0.5, 0.6) is 0 Å². The third-order valence-corrected chi connectivity index (χ3v) is 9.70. The maximum atomic E-state index is 11.4. The number of rotatable bonds is 5. The Labute approximate surface area is 170 Å². The molecule has 4 rings (SSSR count). The molecule has 156 valence electrons. The molecule has 3 heteroatoms. The van der Waals surface area contributed by atoms with Crippen molar-refractivity contribution in [1.29, 1.82) is 0 Å². The van der Waals surface area contributed by atoms with Crippen molar-refractivity contribution in [2.75, 3.05) is 0 Å². The fourth-order valence-corrected chi connectivity index (χ4v) is 8.18. The van der Waals surface area contributed by atoms with Gasteiger partial charge in [0.2, 0.25) is 0 Å². The van der Waals surface area contributed by atoms with Crippen LogP contribution in [0.2, 0.25) is 0 Å². The van der Waals surface area contributed by atoms with Crippen LogP contribution in [0.25, 0.3) is 0 Å². The molecule has 1 N–H and O–H groups in total. The van der Waals surface area contributed by atoms with E-state index in [2.05, 4.69) is 19.9 Å². The molecule has 4 aliphatic rings. The summed E-state index contributed by atoms with van der Waals surface area (Å²) in [7, 11) is 0. The topological polar surface area (TPSA) is 54.4 Å². The molecule has 4 aliphatic carbocycles. The highest BCUT2D eigenvalue weighted by molar-refractivity contribution is 5.66. The third-order valence-electron chi connectivity index (χ3n) is 9.70. The summed E-state index contributed by atoms with van der Waals surface area (Å²) in [6.07, 6.45) is 17.1. The standard InChI is InChI=1S/C25H38O3/c1-24-13-4-5-17(16-26)15-19(24)8-10-20-21-11-9-18(6-3-7-23(27)28)25(21,2)14-12-22(20)24/h15-18,20-22H,3-14H2,1-2H3,(H,27,28)/t17?,18-,20-,21?,22-,24-,25+/m0/s1. The molecular weight excluding hydrogens is 348 g/mol. The number of allylic oxidation sites excluding steroid dienone is 2. The summed E-state index contributed by atoms with van der Waals surface area (Å²) < 4.78 is 0. The van der Waals surface area contributed by atoms with Crippen LogP contribution in [0.4, 0.5) is 0 Å². The highest BCUT2D eigenvalue weighted by atomic mass is 16.4. The van der Waals surface area contributed by atoms with Crippen molar-refractivity contribution in [2.24, 2.45) is 40.4 Å². The van der Waals surface area contributed by atoms with Crippen LogP contribution in [0, 0.1) is 40.4 Å². The summed E-state index contributed by atoms with van der Waals surface area (Å²) >= 11 is 0. The van der Waals surface area contributed by atoms with E-state index in [9.17, 15) is 9.59 Å². The molecule has 3 nitrogen and oxygen atoms in total. The molecule has 0 heterocycles. The number of carboxylic acid groups (broad SMARTS) is 1. The average Bonchev–Trinajstić information content (AvgIpc) is 2.88. The minimum absolute atomic E-state index is 0.146. The van der Waals surface area contributed by atoms with Gasteiger partial charge in [-0.25, -0.2) is 0 Å². The van der Waals surface area contributed by atoms with Crippen LogP contribution in [0.1, 0.15) is 90.9 Å². The van der Waals surface area contributed by atoms with Crippen LogP contribution < -0.4 is 0 Å². The maximum absolute atomic E-state index is 11.4. The van der Waals surface area contributed by atoms with E-state index in [1.807, 2.05) is 0 Å². The van der Waals surface area contributed by atoms with Gasteiger partial charge in [-0.1, -0.05) is 31.9 Å². The van der Waals surface area contributed by atoms with Crippen molar-refractivity contribution in [3.63, 3.8) is 0 Å². The fourth-order valence-electron chi connectivity index (χ4n) is 8.18. The van der Waals surface area contributed by atoms with Crippen LogP contribution in [-0.4, -0.2) is 17.4 Å². The third kappa shape index (κ3) is 3.27. The van der Waals surface area contributed by atoms with Gasteiger partial charge in [0.1, 0.15) is 6.29 Å². The number of carbonyl (C=O) groups excluding carboxylic acids is 1. The Hall–Kier alpha value is -1.12. The molecule has 0 aromatic heterocycles. The molecule has 3 saturated carbocycles. The van der Waals surface area contributed by atoms with E-state index in [0.29, 0.717) is 17.3 Å². The molecule has 0 bridgehead atoms. The van der Waals surface area contributed by atoms with Gasteiger partial charge >= 0.3 is 5.97 Å². The molecule has 0 saturated heterocycles. The molecule has 0 aliphatic heterocycles. The van der Waals surface area contributed by atoms with Crippen LogP contribution in [0.3, 0.4) is 0 Å². The van der Waals surface area contributed by atoms with Gasteiger partial charge in [0.25, 0.3) is 0 Å². The van der Waals surface area contributed by atoms with Crippen LogP contribution in [-0.2, 0) is 9.59 Å². The van der Waals surface area contributed by atoms with Gasteiger partial charge in [-0.15, -0.1) is 0 Å². The summed E-state index contributed by atoms with van der Waals surface area (Å²) in [5.41, 5.74) is 2.33. The zero-order chi connectivity index (χ0) is 19.9. The van der Waals surface area contributed by atoms with Gasteiger partial charge in [0.15, 0.2) is 0 Å². The van der Waals surface area contributed by atoms with Gasteiger partial charge in [-0.2, -0.15) is 0 Å².